The van der Waals surface area contributed by atoms with Gasteiger partial charge in [0.15, 0.2) is 0 Å². The van der Waals surface area contributed by atoms with Crippen LogP contribution in [-0.2, 0) is 0 Å². The molecule has 3 aromatic carbocycles. The van der Waals surface area contributed by atoms with Crippen LogP contribution in [0.5, 0.6) is 0 Å². The molecule has 1 heterocycles. The minimum absolute atomic E-state index is 0.101. The van der Waals surface area contributed by atoms with E-state index in [-0.39, 0.29) is 5.91 Å². The van der Waals surface area contributed by atoms with E-state index in [1.165, 1.54) is 10.9 Å². The van der Waals surface area contributed by atoms with Crippen molar-refractivity contribution in [2.45, 2.75) is 6.92 Å². The number of nitrogens with one attached hydrogen (secondary N) is 1. The SMILES string of the molecule is Cc1ccc(-c2cc(C(=O)Nc3ccc(Br)cc3)cc3sccc23)cc1. The fraction of sp³-hybridized carbons (Fsp3) is 0.0455. The van der Waals surface area contributed by atoms with E-state index < -0.39 is 0 Å². The minimum Gasteiger partial charge on any atom is -0.322 e. The molecular formula is C22H16BrNOS. The summed E-state index contributed by atoms with van der Waals surface area (Å²) in [5.41, 5.74) is 4.88. The highest BCUT2D eigenvalue weighted by molar-refractivity contribution is 9.10. The topological polar surface area (TPSA) is 29.1 Å². The lowest BCUT2D eigenvalue weighted by Gasteiger charge is -2.10. The lowest BCUT2D eigenvalue weighted by atomic mass is 9.98. The number of benzene rings is 3. The van der Waals surface area contributed by atoms with Crippen molar-refractivity contribution in [3.63, 3.8) is 0 Å². The van der Waals surface area contributed by atoms with Gasteiger partial charge in [0.05, 0.1) is 0 Å². The Labute approximate surface area is 164 Å². The van der Waals surface area contributed by atoms with Gasteiger partial charge in [-0.05, 0) is 65.9 Å². The normalized spacial score (nSPS) is 10.8. The zero-order chi connectivity index (χ0) is 18.1. The highest BCUT2D eigenvalue weighted by Gasteiger charge is 2.13. The first-order valence-corrected chi connectivity index (χ1v) is 9.93. The third-order valence-electron chi connectivity index (χ3n) is 4.30. The highest BCUT2D eigenvalue weighted by atomic mass is 79.9. The molecule has 1 amide bonds. The summed E-state index contributed by atoms with van der Waals surface area (Å²) < 4.78 is 2.10. The predicted molar refractivity (Wildman–Crippen MR) is 114 cm³/mol. The zero-order valence-electron chi connectivity index (χ0n) is 14.1. The maximum atomic E-state index is 12.8. The molecule has 0 fully saturated rings. The molecule has 0 aliphatic heterocycles. The largest absolute Gasteiger partial charge is 0.322 e. The number of rotatable bonds is 3. The standard InChI is InChI=1S/C22H16BrNOS/c1-14-2-4-15(5-3-14)20-12-16(13-21-19(20)10-11-26-21)22(25)24-18-8-6-17(23)7-9-18/h2-13H,1H3,(H,24,25). The Morgan fingerprint density at radius 3 is 2.42 bits per heavy atom. The van der Waals surface area contributed by atoms with E-state index in [0.29, 0.717) is 5.56 Å². The van der Waals surface area contributed by atoms with E-state index in [1.54, 1.807) is 11.3 Å². The van der Waals surface area contributed by atoms with Crippen LogP contribution < -0.4 is 5.32 Å². The average molecular weight is 422 g/mol. The number of aryl methyl sites for hydroxylation is 1. The summed E-state index contributed by atoms with van der Waals surface area (Å²) in [5.74, 6) is -0.101. The molecule has 4 heteroatoms. The van der Waals surface area contributed by atoms with Gasteiger partial charge in [0, 0.05) is 25.8 Å². The number of hydrogen-bond acceptors (Lipinski definition) is 2. The van der Waals surface area contributed by atoms with Gasteiger partial charge in [-0.2, -0.15) is 0 Å². The summed E-state index contributed by atoms with van der Waals surface area (Å²) in [7, 11) is 0. The van der Waals surface area contributed by atoms with Crippen LogP contribution in [0.15, 0.2) is 76.6 Å². The van der Waals surface area contributed by atoms with Gasteiger partial charge in [-0.25, -0.2) is 0 Å². The third-order valence-corrected chi connectivity index (χ3v) is 5.69. The van der Waals surface area contributed by atoms with Crippen LogP contribution in [0.3, 0.4) is 0 Å². The minimum atomic E-state index is -0.101. The van der Waals surface area contributed by atoms with Gasteiger partial charge in [0.25, 0.3) is 5.91 Å². The Morgan fingerprint density at radius 1 is 0.962 bits per heavy atom. The van der Waals surface area contributed by atoms with E-state index in [2.05, 4.69) is 63.9 Å². The Kier molecular flexibility index (Phi) is 4.62. The number of thiophene rings is 1. The van der Waals surface area contributed by atoms with E-state index in [4.69, 9.17) is 0 Å². The molecule has 0 spiro atoms. The number of anilines is 1. The molecule has 0 saturated heterocycles. The van der Waals surface area contributed by atoms with Gasteiger partial charge in [-0.3, -0.25) is 4.79 Å². The highest BCUT2D eigenvalue weighted by Crippen LogP contribution is 2.33. The molecule has 4 rings (SSSR count). The molecule has 2 nitrogen and oxygen atoms in total. The number of carbonyl (C=O) groups is 1. The fourth-order valence-electron chi connectivity index (χ4n) is 2.91. The summed E-state index contributed by atoms with van der Waals surface area (Å²) in [6.07, 6.45) is 0. The second-order valence-electron chi connectivity index (χ2n) is 6.18. The van der Waals surface area contributed by atoms with Gasteiger partial charge in [0.1, 0.15) is 0 Å². The van der Waals surface area contributed by atoms with Crippen LogP contribution in [0.2, 0.25) is 0 Å². The van der Waals surface area contributed by atoms with Gasteiger partial charge in [-0.1, -0.05) is 45.8 Å². The molecule has 0 atom stereocenters. The van der Waals surface area contributed by atoms with Crippen LogP contribution in [0.4, 0.5) is 5.69 Å². The molecule has 1 N–H and O–H groups in total. The molecular weight excluding hydrogens is 406 g/mol. The third kappa shape index (κ3) is 3.43. The van der Waals surface area contributed by atoms with Crippen molar-refractivity contribution in [3.05, 3.63) is 87.7 Å². The van der Waals surface area contributed by atoms with Gasteiger partial charge in [-0.15, -0.1) is 11.3 Å². The van der Waals surface area contributed by atoms with Gasteiger partial charge < -0.3 is 5.32 Å². The number of amides is 1. The number of hydrogen-bond donors (Lipinski definition) is 1. The monoisotopic (exact) mass is 421 g/mol. The first kappa shape index (κ1) is 17.0. The molecule has 4 aromatic rings. The first-order valence-electron chi connectivity index (χ1n) is 8.25. The second-order valence-corrected chi connectivity index (χ2v) is 8.05. The Bertz CT molecular complexity index is 1080. The number of fused-ring (bicyclic) bond motifs is 1. The molecule has 0 saturated carbocycles. The van der Waals surface area contributed by atoms with Crippen molar-refractivity contribution in [1.29, 1.82) is 0 Å². The summed E-state index contributed by atoms with van der Waals surface area (Å²) in [6, 6.07) is 22.1. The average Bonchev–Trinajstić information content (AvgIpc) is 3.12. The maximum Gasteiger partial charge on any atom is 0.255 e. The van der Waals surface area contributed by atoms with Crippen LogP contribution >= 0.6 is 27.3 Å². The zero-order valence-corrected chi connectivity index (χ0v) is 16.5. The summed E-state index contributed by atoms with van der Waals surface area (Å²) >= 11 is 5.06. The van der Waals surface area contributed by atoms with Crippen LogP contribution in [0, 0.1) is 6.92 Å². The molecule has 0 unspecified atom stereocenters. The van der Waals surface area contributed by atoms with Crippen molar-refractivity contribution in [1.82, 2.24) is 0 Å². The van der Waals surface area contributed by atoms with E-state index in [9.17, 15) is 4.79 Å². The summed E-state index contributed by atoms with van der Waals surface area (Å²) in [4.78, 5) is 12.8. The fourth-order valence-corrected chi connectivity index (χ4v) is 4.03. The predicted octanol–water partition coefficient (Wildman–Crippen LogP) is 6.89. The van der Waals surface area contributed by atoms with Crippen molar-refractivity contribution in [2.75, 3.05) is 5.32 Å². The number of halogens is 1. The Morgan fingerprint density at radius 2 is 1.69 bits per heavy atom. The van der Waals surface area contributed by atoms with Crippen molar-refractivity contribution in [2.24, 2.45) is 0 Å². The first-order chi connectivity index (χ1) is 12.6. The number of carbonyl (C=O) groups excluding carboxylic acids is 1. The van der Waals surface area contributed by atoms with Gasteiger partial charge in [0.2, 0.25) is 0 Å². The molecule has 128 valence electrons. The van der Waals surface area contributed by atoms with Gasteiger partial charge >= 0.3 is 0 Å². The maximum absolute atomic E-state index is 12.8. The smallest absolute Gasteiger partial charge is 0.255 e. The lowest BCUT2D eigenvalue weighted by Crippen LogP contribution is -2.11. The van der Waals surface area contributed by atoms with Crippen LogP contribution in [0.25, 0.3) is 21.2 Å². The van der Waals surface area contributed by atoms with Crippen molar-refractivity contribution >= 4 is 48.9 Å². The molecule has 0 radical (unpaired) electrons. The summed E-state index contributed by atoms with van der Waals surface area (Å²) in [6.45, 7) is 2.08. The molecule has 0 bridgehead atoms. The Hall–Kier alpha value is -2.43. The lowest BCUT2D eigenvalue weighted by molar-refractivity contribution is 0.102. The van der Waals surface area contributed by atoms with Crippen LogP contribution in [-0.4, -0.2) is 5.91 Å². The van der Waals surface area contributed by atoms with Crippen molar-refractivity contribution < 1.29 is 4.79 Å². The molecule has 0 aliphatic rings. The second kappa shape index (κ2) is 7.06. The summed E-state index contributed by atoms with van der Waals surface area (Å²) in [5, 5.41) is 6.22. The quantitative estimate of drug-likeness (QED) is 0.383. The Balaban J connectivity index is 1.74. The molecule has 0 aliphatic carbocycles. The van der Waals surface area contributed by atoms with Crippen molar-refractivity contribution in [3.8, 4) is 11.1 Å². The molecule has 26 heavy (non-hydrogen) atoms. The molecule has 1 aromatic heterocycles. The van der Waals surface area contributed by atoms with E-state index >= 15 is 0 Å². The van der Waals surface area contributed by atoms with E-state index in [1.807, 2.05) is 36.4 Å². The van der Waals surface area contributed by atoms with E-state index in [0.717, 1.165) is 26.0 Å². The van der Waals surface area contributed by atoms with Crippen LogP contribution in [0.1, 0.15) is 15.9 Å².